The monoisotopic (exact) mass is 424 g/mol. The molecule has 0 radical (unpaired) electrons. The van der Waals surface area contributed by atoms with Crippen molar-refractivity contribution in [2.45, 2.75) is 26.2 Å². The van der Waals surface area contributed by atoms with Crippen molar-refractivity contribution in [3.8, 4) is 11.1 Å². The Morgan fingerprint density at radius 3 is 2.40 bits per heavy atom. The molecule has 0 aliphatic carbocycles. The summed E-state index contributed by atoms with van der Waals surface area (Å²) in [6, 6.07) is 15.7. The number of aryl methyl sites for hydroxylation is 1. The second-order valence-electron chi connectivity index (χ2n) is 6.96. The summed E-state index contributed by atoms with van der Waals surface area (Å²) in [5.41, 5.74) is 3.86. The summed E-state index contributed by atoms with van der Waals surface area (Å²) in [6.45, 7) is 1.83. The molecule has 0 aliphatic rings. The van der Waals surface area contributed by atoms with Crippen LogP contribution in [0.25, 0.3) is 11.1 Å². The number of carbonyl (C=O) groups excluding carboxylic acids is 2. The smallest absolute Gasteiger partial charge is 0.226 e. The number of rotatable bonds is 7. The molecule has 0 bridgehead atoms. The maximum atomic E-state index is 12.9. The number of benzene rings is 2. The van der Waals surface area contributed by atoms with E-state index >= 15 is 0 Å². The summed E-state index contributed by atoms with van der Waals surface area (Å²) in [5, 5.41) is 0.482. The van der Waals surface area contributed by atoms with Crippen molar-refractivity contribution in [2.24, 2.45) is 0 Å². The molecule has 0 saturated carbocycles. The van der Waals surface area contributed by atoms with Gasteiger partial charge in [-0.3, -0.25) is 9.59 Å². The molecule has 1 amide bonds. The molecule has 3 aromatic rings. The molecule has 2 aromatic carbocycles. The topological polar surface area (TPSA) is 50.3 Å². The van der Waals surface area contributed by atoms with Gasteiger partial charge in [-0.2, -0.15) is 4.39 Å². The minimum atomic E-state index is -0.538. The van der Waals surface area contributed by atoms with Gasteiger partial charge in [0.25, 0.3) is 0 Å². The van der Waals surface area contributed by atoms with E-state index in [4.69, 9.17) is 11.6 Å². The predicted molar refractivity (Wildman–Crippen MR) is 117 cm³/mol. The van der Waals surface area contributed by atoms with Gasteiger partial charge in [-0.05, 0) is 41.8 Å². The molecule has 0 atom stereocenters. The highest BCUT2D eigenvalue weighted by Crippen LogP contribution is 2.30. The van der Waals surface area contributed by atoms with E-state index in [2.05, 4.69) is 4.98 Å². The van der Waals surface area contributed by atoms with Crippen LogP contribution in [0.5, 0.6) is 0 Å². The van der Waals surface area contributed by atoms with Gasteiger partial charge in [0, 0.05) is 47.9 Å². The second-order valence-corrected chi connectivity index (χ2v) is 7.37. The van der Waals surface area contributed by atoms with Crippen LogP contribution in [-0.4, -0.2) is 23.7 Å². The minimum absolute atomic E-state index is 0.0391. The van der Waals surface area contributed by atoms with Crippen LogP contribution in [0.1, 0.15) is 35.7 Å². The highest BCUT2D eigenvalue weighted by atomic mass is 35.5. The molecule has 0 spiro atoms. The number of Topliss-reactive ketones (excluding diaryl/α,β-unsaturated/α-hetero) is 1. The number of carbonyl (C=O) groups is 2. The fourth-order valence-electron chi connectivity index (χ4n) is 3.12. The third kappa shape index (κ3) is 5.10. The van der Waals surface area contributed by atoms with E-state index in [1.807, 2.05) is 37.3 Å². The number of halogens is 2. The zero-order chi connectivity index (χ0) is 21.7. The molecule has 0 aliphatic heterocycles. The lowest BCUT2D eigenvalue weighted by Gasteiger charge is -2.17. The lowest BCUT2D eigenvalue weighted by Crippen LogP contribution is -2.24. The maximum Gasteiger partial charge on any atom is 0.226 e. The maximum absolute atomic E-state index is 12.9. The zero-order valence-corrected chi connectivity index (χ0v) is 17.6. The lowest BCUT2D eigenvalue weighted by molar-refractivity contribution is -0.118. The molecule has 1 aromatic heterocycles. The van der Waals surface area contributed by atoms with Crippen LogP contribution in [0.15, 0.2) is 60.8 Å². The Morgan fingerprint density at radius 2 is 1.80 bits per heavy atom. The molecule has 0 fully saturated rings. The molecule has 4 nitrogen and oxygen atoms in total. The Morgan fingerprint density at radius 1 is 1.07 bits per heavy atom. The van der Waals surface area contributed by atoms with E-state index in [-0.39, 0.29) is 18.1 Å². The third-order valence-corrected chi connectivity index (χ3v) is 5.28. The standard InChI is InChI=1S/C24H22ClFN2O2/c1-3-24(30)28(2)19-9-6-17(7-10-19)20-11-8-18(14-21(20)25)22(29)12-4-16-5-13-23(26)27-15-16/h5-11,13-15H,3-4,12H2,1-2H3. The molecule has 6 heteroatoms. The average Bonchev–Trinajstić information content (AvgIpc) is 2.77. The van der Waals surface area contributed by atoms with Crippen molar-refractivity contribution < 1.29 is 14.0 Å². The van der Waals surface area contributed by atoms with E-state index in [1.54, 1.807) is 30.1 Å². The molecule has 1 heterocycles. The molecule has 30 heavy (non-hydrogen) atoms. The van der Waals surface area contributed by atoms with Gasteiger partial charge in [-0.1, -0.05) is 48.9 Å². The Hall–Kier alpha value is -3.05. The number of aromatic nitrogens is 1. The Balaban J connectivity index is 1.70. The van der Waals surface area contributed by atoms with Crippen molar-refractivity contribution in [1.29, 1.82) is 0 Å². The number of pyridine rings is 1. The number of nitrogens with zero attached hydrogens (tertiary/aromatic N) is 2. The Bertz CT molecular complexity index is 1050. The lowest BCUT2D eigenvalue weighted by atomic mass is 9.99. The first-order chi connectivity index (χ1) is 14.4. The molecule has 0 unspecified atom stereocenters. The fourth-order valence-corrected chi connectivity index (χ4v) is 3.41. The largest absolute Gasteiger partial charge is 0.316 e. The van der Waals surface area contributed by atoms with Crippen molar-refractivity contribution in [1.82, 2.24) is 4.98 Å². The predicted octanol–water partition coefficient (Wildman–Crippen LogP) is 5.73. The Labute approximate surface area is 180 Å². The molecular formula is C24H22ClFN2O2. The summed E-state index contributed by atoms with van der Waals surface area (Å²) in [6.07, 6.45) is 2.65. The van der Waals surface area contributed by atoms with Gasteiger partial charge in [-0.25, -0.2) is 4.98 Å². The molecular weight excluding hydrogens is 403 g/mol. The van der Waals surface area contributed by atoms with Gasteiger partial charge in [0.2, 0.25) is 11.9 Å². The van der Waals surface area contributed by atoms with Gasteiger partial charge >= 0.3 is 0 Å². The van der Waals surface area contributed by atoms with Crippen LogP contribution in [0.2, 0.25) is 5.02 Å². The van der Waals surface area contributed by atoms with Crippen molar-refractivity contribution in [2.75, 3.05) is 11.9 Å². The summed E-state index contributed by atoms with van der Waals surface area (Å²) in [5.74, 6) is -0.535. The van der Waals surface area contributed by atoms with E-state index in [1.165, 1.54) is 12.3 Å². The first-order valence-corrected chi connectivity index (χ1v) is 10.1. The van der Waals surface area contributed by atoms with E-state index in [0.29, 0.717) is 23.4 Å². The molecule has 154 valence electrons. The van der Waals surface area contributed by atoms with Crippen LogP contribution in [0.3, 0.4) is 0 Å². The van der Waals surface area contributed by atoms with Gasteiger partial charge in [0.1, 0.15) is 0 Å². The number of ketones is 1. The number of hydrogen-bond donors (Lipinski definition) is 0. The van der Waals surface area contributed by atoms with Crippen LogP contribution in [-0.2, 0) is 11.2 Å². The summed E-state index contributed by atoms with van der Waals surface area (Å²) < 4.78 is 12.9. The first kappa shape index (κ1) is 21.7. The van der Waals surface area contributed by atoms with E-state index < -0.39 is 5.95 Å². The molecule has 3 rings (SSSR count). The van der Waals surface area contributed by atoms with Crippen molar-refractivity contribution in [3.63, 3.8) is 0 Å². The molecule has 0 N–H and O–H groups in total. The number of anilines is 1. The van der Waals surface area contributed by atoms with Crippen LogP contribution in [0, 0.1) is 5.95 Å². The second kappa shape index (κ2) is 9.63. The van der Waals surface area contributed by atoms with Gasteiger partial charge < -0.3 is 4.90 Å². The van der Waals surface area contributed by atoms with E-state index in [9.17, 15) is 14.0 Å². The molecule has 0 saturated heterocycles. The summed E-state index contributed by atoms with van der Waals surface area (Å²) in [4.78, 5) is 29.6. The van der Waals surface area contributed by atoms with Crippen molar-refractivity contribution >= 4 is 29.0 Å². The Kier molecular flexibility index (Phi) is 6.95. The number of hydrogen-bond acceptors (Lipinski definition) is 3. The van der Waals surface area contributed by atoms with Crippen LogP contribution >= 0.6 is 11.6 Å². The SMILES string of the molecule is CCC(=O)N(C)c1ccc(-c2ccc(C(=O)CCc3ccc(F)nc3)cc2Cl)cc1. The van der Waals surface area contributed by atoms with E-state index in [0.717, 1.165) is 22.4 Å². The van der Waals surface area contributed by atoms with Gasteiger partial charge in [0.15, 0.2) is 5.78 Å². The fraction of sp³-hybridized carbons (Fsp3) is 0.208. The number of amides is 1. The third-order valence-electron chi connectivity index (χ3n) is 4.96. The summed E-state index contributed by atoms with van der Waals surface area (Å²) >= 11 is 6.45. The first-order valence-electron chi connectivity index (χ1n) is 9.69. The highest BCUT2D eigenvalue weighted by molar-refractivity contribution is 6.33. The summed E-state index contributed by atoms with van der Waals surface area (Å²) in [7, 11) is 1.75. The highest BCUT2D eigenvalue weighted by Gasteiger charge is 2.12. The normalized spacial score (nSPS) is 10.7. The minimum Gasteiger partial charge on any atom is -0.316 e. The van der Waals surface area contributed by atoms with Crippen LogP contribution in [0.4, 0.5) is 10.1 Å². The van der Waals surface area contributed by atoms with Crippen LogP contribution < -0.4 is 4.90 Å². The quantitative estimate of drug-likeness (QED) is 0.359. The average molecular weight is 425 g/mol. The zero-order valence-electron chi connectivity index (χ0n) is 16.9. The van der Waals surface area contributed by atoms with Crippen molar-refractivity contribution in [3.05, 3.63) is 82.9 Å². The van der Waals surface area contributed by atoms with Gasteiger partial charge in [-0.15, -0.1) is 0 Å². The van der Waals surface area contributed by atoms with Gasteiger partial charge in [0.05, 0.1) is 0 Å².